The lowest BCUT2D eigenvalue weighted by Crippen LogP contribution is -2.38. The normalized spacial score (nSPS) is 20.4. The summed E-state index contributed by atoms with van der Waals surface area (Å²) >= 11 is 5.86. The van der Waals surface area contributed by atoms with Crippen molar-refractivity contribution >= 4 is 27.3 Å². The summed E-state index contributed by atoms with van der Waals surface area (Å²) in [5.41, 5.74) is -0.323. The predicted molar refractivity (Wildman–Crippen MR) is 76.8 cm³/mol. The molecule has 0 saturated carbocycles. The zero-order valence-electron chi connectivity index (χ0n) is 11.3. The average molecular weight is 335 g/mol. The van der Waals surface area contributed by atoms with Crippen LogP contribution < -0.4 is 4.72 Å². The van der Waals surface area contributed by atoms with E-state index in [4.69, 9.17) is 16.3 Å². The van der Waals surface area contributed by atoms with Gasteiger partial charge in [0.1, 0.15) is 4.90 Å². The van der Waals surface area contributed by atoms with Crippen LogP contribution >= 0.6 is 11.6 Å². The van der Waals surface area contributed by atoms with Crippen LogP contribution in [0.15, 0.2) is 23.1 Å². The molecule has 1 aromatic rings. The summed E-state index contributed by atoms with van der Waals surface area (Å²) in [6, 6.07) is 2.99. The molecule has 0 amide bonds. The quantitative estimate of drug-likeness (QED) is 0.655. The van der Waals surface area contributed by atoms with E-state index < -0.39 is 14.9 Å². The Labute approximate surface area is 127 Å². The van der Waals surface area contributed by atoms with Gasteiger partial charge in [-0.15, -0.1) is 0 Å². The predicted octanol–water partition coefficient (Wildman–Crippen LogP) is 1.95. The molecule has 2 rings (SSSR count). The van der Waals surface area contributed by atoms with Gasteiger partial charge in [-0.1, -0.05) is 11.6 Å². The van der Waals surface area contributed by atoms with Gasteiger partial charge in [0.25, 0.3) is 5.69 Å². The minimum Gasteiger partial charge on any atom is -0.381 e. The molecular weight excluding hydrogens is 320 g/mol. The molecule has 1 heterocycles. The molecule has 1 saturated heterocycles. The Kier molecular flexibility index (Phi) is 4.82. The van der Waals surface area contributed by atoms with E-state index in [0.717, 1.165) is 18.6 Å². The van der Waals surface area contributed by atoms with Crippen molar-refractivity contribution in [2.45, 2.75) is 24.3 Å². The third-order valence-electron chi connectivity index (χ3n) is 3.43. The molecular formula is C12H15ClN2O5S. The van der Waals surface area contributed by atoms with E-state index in [1.165, 1.54) is 6.07 Å². The number of halogens is 1. The van der Waals surface area contributed by atoms with Gasteiger partial charge < -0.3 is 4.74 Å². The number of nitrogens with zero attached hydrogens (tertiary/aromatic N) is 1. The number of hydrogen-bond acceptors (Lipinski definition) is 5. The van der Waals surface area contributed by atoms with Crippen molar-refractivity contribution in [3.8, 4) is 0 Å². The lowest BCUT2D eigenvalue weighted by Gasteiger charge is -2.19. The second-order valence-electron chi connectivity index (χ2n) is 4.91. The molecule has 1 N–H and O–H groups in total. The van der Waals surface area contributed by atoms with Crippen LogP contribution in [-0.4, -0.2) is 32.6 Å². The second kappa shape index (κ2) is 6.27. The van der Waals surface area contributed by atoms with Crippen LogP contribution in [0.2, 0.25) is 5.02 Å². The Morgan fingerprint density at radius 3 is 2.81 bits per heavy atom. The third-order valence-corrected chi connectivity index (χ3v) is 5.47. The number of nitro groups is 1. The van der Waals surface area contributed by atoms with Crippen molar-refractivity contribution in [3.05, 3.63) is 33.3 Å². The third kappa shape index (κ3) is 3.70. The number of sulfonamides is 1. The van der Waals surface area contributed by atoms with Gasteiger partial charge in [-0.05, 0) is 19.4 Å². The number of rotatable bonds is 5. The molecule has 21 heavy (non-hydrogen) atoms. The maximum Gasteiger partial charge on any atom is 0.270 e. The number of benzene rings is 1. The SMILES string of the molecule is CC(NS(=O)(=O)c1cc([N+](=O)[O-])ccc1Cl)C1CCOC1. The van der Waals surface area contributed by atoms with Crippen LogP contribution in [0.3, 0.4) is 0 Å². The fraction of sp³-hybridized carbons (Fsp3) is 0.500. The van der Waals surface area contributed by atoms with E-state index >= 15 is 0 Å². The van der Waals surface area contributed by atoms with Crippen molar-refractivity contribution in [2.24, 2.45) is 5.92 Å². The topological polar surface area (TPSA) is 98.5 Å². The number of hydrogen-bond donors (Lipinski definition) is 1. The van der Waals surface area contributed by atoms with E-state index in [2.05, 4.69) is 4.72 Å². The monoisotopic (exact) mass is 334 g/mol. The van der Waals surface area contributed by atoms with Gasteiger partial charge in [0.05, 0.1) is 16.6 Å². The summed E-state index contributed by atoms with van der Waals surface area (Å²) < 4.78 is 32.4. The molecule has 2 unspecified atom stereocenters. The highest BCUT2D eigenvalue weighted by Gasteiger charge is 2.28. The Balaban J connectivity index is 2.26. The lowest BCUT2D eigenvalue weighted by molar-refractivity contribution is -0.385. The van der Waals surface area contributed by atoms with Crippen molar-refractivity contribution in [3.63, 3.8) is 0 Å². The van der Waals surface area contributed by atoms with Crippen LogP contribution in [0.5, 0.6) is 0 Å². The first-order chi connectivity index (χ1) is 9.81. The van der Waals surface area contributed by atoms with Crippen LogP contribution in [0.4, 0.5) is 5.69 Å². The molecule has 116 valence electrons. The Morgan fingerprint density at radius 2 is 2.24 bits per heavy atom. The molecule has 0 spiro atoms. The van der Waals surface area contributed by atoms with Gasteiger partial charge in [0.2, 0.25) is 10.0 Å². The molecule has 2 atom stereocenters. The molecule has 0 bridgehead atoms. The average Bonchev–Trinajstić information content (AvgIpc) is 2.92. The van der Waals surface area contributed by atoms with Crippen LogP contribution in [0, 0.1) is 16.0 Å². The molecule has 7 nitrogen and oxygen atoms in total. The number of nitrogens with one attached hydrogen (secondary N) is 1. The Morgan fingerprint density at radius 1 is 1.52 bits per heavy atom. The van der Waals surface area contributed by atoms with E-state index in [1.54, 1.807) is 6.92 Å². The highest BCUT2D eigenvalue weighted by atomic mass is 35.5. The van der Waals surface area contributed by atoms with Gasteiger partial charge in [-0.2, -0.15) is 0 Å². The zero-order chi connectivity index (χ0) is 15.6. The van der Waals surface area contributed by atoms with Crippen LogP contribution in [0.1, 0.15) is 13.3 Å². The maximum atomic E-state index is 12.3. The molecule has 0 radical (unpaired) electrons. The summed E-state index contributed by atoms with van der Waals surface area (Å²) in [5.74, 6) is 0.0808. The molecule has 0 aliphatic carbocycles. The summed E-state index contributed by atoms with van der Waals surface area (Å²) in [7, 11) is -3.93. The smallest absolute Gasteiger partial charge is 0.270 e. The van der Waals surface area contributed by atoms with Gasteiger partial charge in [-0.25, -0.2) is 13.1 Å². The highest BCUT2D eigenvalue weighted by molar-refractivity contribution is 7.89. The molecule has 1 aromatic carbocycles. The first-order valence-electron chi connectivity index (χ1n) is 6.35. The Bertz CT molecular complexity index is 643. The van der Waals surface area contributed by atoms with Gasteiger partial charge in [0.15, 0.2) is 0 Å². The van der Waals surface area contributed by atoms with Crippen LogP contribution in [0.25, 0.3) is 0 Å². The van der Waals surface area contributed by atoms with E-state index in [0.29, 0.717) is 13.2 Å². The van der Waals surface area contributed by atoms with Gasteiger partial charge in [0, 0.05) is 30.7 Å². The standard InChI is InChI=1S/C12H15ClN2O5S/c1-8(9-4-5-20-7-9)14-21(18,19)12-6-10(15(16)17)2-3-11(12)13/h2-3,6,8-9,14H,4-5,7H2,1H3. The minimum atomic E-state index is -3.93. The first kappa shape index (κ1) is 16.2. The minimum absolute atomic E-state index is 0.0528. The summed E-state index contributed by atoms with van der Waals surface area (Å²) in [5, 5.41) is 10.7. The molecule has 1 fully saturated rings. The fourth-order valence-corrected chi connectivity index (χ4v) is 3.99. The van der Waals surface area contributed by atoms with E-state index in [-0.39, 0.29) is 27.6 Å². The van der Waals surface area contributed by atoms with Crippen molar-refractivity contribution in [2.75, 3.05) is 13.2 Å². The fourth-order valence-electron chi connectivity index (χ4n) is 2.16. The zero-order valence-corrected chi connectivity index (χ0v) is 12.9. The van der Waals surface area contributed by atoms with E-state index in [1.807, 2.05) is 0 Å². The Hall–Kier alpha value is -1.22. The van der Waals surface area contributed by atoms with Gasteiger partial charge in [-0.3, -0.25) is 10.1 Å². The van der Waals surface area contributed by atoms with Crippen molar-refractivity contribution in [1.29, 1.82) is 0 Å². The van der Waals surface area contributed by atoms with Gasteiger partial charge >= 0.3 is 0 Å². The molecule has 1 aliphatic rings. The van der Waals surface area contributed by atoms with Crippen molar-refractivity contribution < 1.29 is 18.1 Å². The molecule has 1 aliphatic heterocycles. The largest absolute Gasteiger partial charge is 0.381 e. The summed E-state index contributed by atoms with van der Waals surface area (Å²) in [4.78, 5) is 9.80. The molecule has 9 heteroatoms. The maximum absolute atomic E-state index is 12.3. The second-order valence-corrected chi connectivity index (χ2v) is 7.00. The summed E-state index contributed by atoms with van der Waals surface area (Å²) in [6.07, 6.45) is 0.770. The van der Waals surface area contributed by atoms with E-state index in [9.17, 15) is 18.5 Å². The number of nitro benzene ring substituents is 1. The number of non-ortho nitro benzene ring substituents is 1. The highest BCUT2D eigenvalue weighted by Crippen LogP contribution is 2.27. The summed E-state index contributed by atoms with van der Waals surface area (Å²) in [6.45, 7) is 2.84. The van der Waals surface area contributed by atoms with Crippen molar-refractivity contribution in [1.82, 2.24) is 4.72 Å². The van der Waals surface area contributed by atoms with Crippen LogP contribution in [-0.2, 0) is 14.8 Å². The first-order valence-corrected chi connectivity index (χ1v) is 8.21. The molecule has 0 aromatic heterocycles. The number of ether oxygens (including phenoxy) is 1. The lowest BCUT2D eigenvalue weighted by atomic mass is 10.0.